The quantitative estimate of drug-likeness (QED) is 0.882. The van der Waals surface area contributed by atoms with Gasteiger partial charge in [-0.25, -0.2) is 0 Å². The molecule has 0 fully saturated rings. The Labute approximate surface area is 112 Å². The maximum atomic E-state index is 11.3. The first-order valence-electron chi connectivity index (χ1n) is 6.10. The van der Waals surface area contributed by atoms with Crippen LogP contribution in [0.1, 0.15) is 32.3 Å². The van der Waals surface area contributed by atoms with Gasteiger partial charge in [0.15, 0.2) is 0 Å². The maximum Gasteiger partial charge on any atom is 0.304 e. The molecular weight excluding hydrogens is 246 g/mol. The molecule has 1 aromatic rings. The summed E-state index contributed by atoms with van der Waals surface area (Å²) in [6.45, 7) is 3.87. The highest BCUT2D eigenvalue weighted by atomic mass is 32.2. The summed E-state index contributed by atoms with van der Waals surface area (Å²) in [5, 5.41) is 9.26. The molecule has 2 rings (SSSR count). The number of carboxylic acid groups (broad SMARTS) is 1. The lowest BCUT2D eigenvalue weighted by atomic mass is 9.63. The molecule has 0 aliphatic carbocycles. The fraction of sp³-hybridized carbons (Fsp3) is 0.500. The number of thioether (sulfide) groups is 1. The Hall–Kier alpha value is -1.00. The van der Waals surface area contributed by atoms with E-state index < -0.39 is 16.9 Å². The average Bonchev–Trinajstić information content (AvgIpc) is 2.27. The summed E-state index contributed by atoms with van der Waals surface area (Å²) in [4.78, 5) is 12.4. The van der Waals surface area contributed by atoms with Crippen molar-refractivity contribution in [3.8, 4) is 0 Å². The Kier molecular flexibility index (Phi) is 3.43. The summed E-state index contributed by atoms with van der Waals surface area (Å²) < 4.78 is 0. The number of nitrogens with two attached hydrogens (primary N) is 1. The second-order valence-corrected chi connectivity index (χ2v) is 6.61. The van der Waals surface area contributed by atoms with Crippen molar-refractivity contribution < 1.29 is 9.90 Å². The number of benzene rings is 1. The molecule has 0 saturated carbocycles. The number of aliphatic carboxylic acids is 1. The molecule has 0 bridgehead atoms. The fourth-order valence-electron chi connectivity index (χ4n) is 2.80. The Bertz CT molecular complexity index is 467. The monoisotopic (exact) mass is 265 g/mol. The SMILES string of the molecule is CC(C)(N)C1(CC(=O)O)CCSc2ccccc21. The molecule has 18 heavy (non-hydrogen) atoms. The molecule has 0 amide bonds. The fourth-order valence-corrected chi connectivity index (χ4v) is 4.06. The summed E-state index contributed by atoms with van der Waals surface area (Å²) in [5.41, 5.74) is 6.40. The van der Waals surface area contributed by atoms with Gasteiger partial charge < -0.3 is 10.8 Å². The Morgan fingerprint density at radius 3 is 2.78 bits per heavy atom. The van der Waals surface area contributed by atoms with Crippen LogP contribution in [0, 0.1) is 0 Å². The largest absolute Gasteiger partial charge is 0.481 e. The van der Waals surface area contributed by atoms with E-state index in [0.29, 0.717) is 0 Å². The summed E-state index contributed by atoms with van der Waals surface area (Å²) >= 11 is 1.79. The lowest BCUT2D eigenvalue weighted by molar-refractivity contribution is -0.139. The van der Waals surface area contributed by atoms with Crippen LogP contribution in [-0.2, 0) is 10.2 Å². The first-order chi connectivity index (χ1) is 8.37. The van der Waals surface area contributed by atoms with Crippen LogP contribution in [0.15, 0.2) is 29.2 Å². The normalized spacial score (nSPS) is 23.5. The highest BCUT2D eigenvalue weighted by Gasteiger charge is 2.48. The number of carbonyl (C=O) groups is 1. The highest BCUT2D eigenvalue weighted by Crippen LogP contribution is 2.48. The van der Waals surface area contributed by atoms with Gasteiger partial charge in [-0.3, -0.25) is 4.79 Å². The van der Waals surface area contributed by atoms with E-state index in [0.717, 1.165) is 17.7 Å². The van der Waals surface area contributed by atoms with Crippen molar-refractivity contribution >= 4 is 17.7 Å². The Balaban J connectivity index is 2.59. The third kappa shape index (κ3) is 2.15. The summed E-state index contributed by atoms with van der Waals surface area (Å²) in [6, 6.07) is 8.04. The van der Waals surface area contributed by atoms with Crippen molar-refractivity contribution in [2.45, 2.75) is 42.5 Å². The summed E-state index contributed by atoms with van der Waals surface area (Å²) in [5.74, 6) is 0.139. The predicted molar refractivity (Wildman–Crippen MR) is 74.0 cm³/mol. The molecule has 0 spiro atoms. The van der Waals surface area contributed by atoms with E-state index in [1.165, 1.54) is 4.90 Å². The molecule has 98 valence electrons. The molecule has 1 aliphatic heterocycles. The zero-order valence-corrected chi connectivity index (χ0v) is 11.6. The van der Waals surface area contributed by atoms with Gasteiger partial charge in [0.05, 0.1) is 6.42 Å². The van der Waals surface area contributed by atoms with Gasteiger partial charge in [0.2, 0.25) is 0 Å². The van der Waals surface area contributed by atoms with Crippen LogP contribution in [0.25, 0.3) is 0 Å². The maximum absolute atomic E-state index is 11.3. The molecule has 1 heterocycles. The second kappa shape index (κ2) is 4.59. The van der Waals surface area contributed by atoms with Crippen molar-refractivity contribution in [2.75, 3.05) is 5.75 Å². The minimum Gasteiger partial charge on any atom is -0.481 e. The van der Waals surface area contributed by atoms with Crippen LogP contribution in [0.3, 0.4) is 0 Å². The molecule has 1 aromatic carbocycles. The summed E-state index contributed by atoms with van der Waals surface area (Å²) in [6.07, 6.45) is 0.901. The molecule has 3 nitrogen and oxygen atoms in total. The van der Waals surface area contributed by atoms with Crippen LogP contribution in [0.4, 0.5) is 0 Å². The van der Waals surface area contributed by atoms with Crippen LogP contribution >= 0.6 is 11.8 Å². The van der Waals surface area contributed by atoms with E-state index >= 15 is 0 Å². The van der Waals surface area contributed by atoms with Crippen LogP contribution in [-0.4, -0.2) is 22.4 Å². The van der Waals surface area contributed by atoms with Gasteiger partial charge in [-0.05, 0) is 37.7 Å². The van der Waals surface area contributed by atoms with Crippen LogP contribution < -0.4 is 5.73 Å². The molecule has 1 aliphatic rings. The Morgan fingerprint density at radius 2 is 2.17 bits per heavy atom. The van der Waals surface area contributed by atoms with Crippen molar-refractivity contribution in [1.82, 2.24) is 0 Å². The van der Waals surface area contributed by atoms with Gasteiger partial charge in [-0.1, -0.05) is 18.2 Å². The lowest BCUT2D eigenvalue weighted by Gasteiger charge is -2.47. The van der Waals surface area contributed by atoms with E-state index in [9.17, 15) is 9.90 Å². The molecular formula is C14H19NO2S. The van der Waals surface area contributed by atoms with Crippen molar-refractivity contribution in [1.29, 1.82) is 0 Å². The van der Waals surface area contributed by atoms with Gasteiger partial charge in [-0.2, -0.15) is 0 Å². The van der Waals surface area contributed by atoms with Gasteiger partial charge in [0.1, 0.15) is 0 Å². The van der Waals surface area contributed by atoms with Gasteiger partial charge in [0, 0.05) is 15.8 Å². The minimum absolute atomic E-state index is 0.0913. The van der Waals surface area contributed by atoms with Crippen molar-refractivity contribution in [3.05, 3.63) is 29.8 Å². The van der Waals surface area contributed by atoms with E-state index in [4.69, 9.17) is 5.73 Å². The molecule has 3 N–H and O–H groups in total. The first kappa shape index (κ1) is 13.4. The smallest absolute Gasteiger partial charge is 0.304 e. The molecule has 0 saturated heterocycles. The van der Waals surface area contributed by atoms with Gasteiger partial charge >= 0.3 is 5.97 Å². The lowest BCUT2D eigenvalue weighted by Crippen LogP contribution is -2.56. The van der Waals surface area contributed by atoms with Crippen LogP contribution in [0.5, 0.6) is 0 Å². The van der Waals surface area contributed by atoms with E-state index in [2.05, 4.69) is 6.07 Å². The van der Waals surface area contributed by atoms with Crippen molar-refractivity contribution in [2.24, 2.45) is 5.73 Å². The van der Waals surface area contributed by atoms with E-state index in [1.807, 2.05) is 32.0 Å². The highest BCUT2D eigenvalue weighted by molar-refractivity contribution is 7.99. The van der Waals surface area contributed by atoms with E-state index in [-0.39, 0.29) is 6.42 Å². The topological polar surface area (TPSA) is 63.3 Å². The number of rotatable bonds is 3. The average molecular weight is 265 g/mol. The third-order valence-corrected chi connectivity index (χ3v) is 4.95. The number of hydrogen-bond donors (Lipinski definition) is 2. The molecule has 0 radical (unpaired) electrons. The molecule has 1 atom stereocenters. The van der Waals surface area contributed by atoms with E-state index in [1.54, 1.807) is 11.8 Å². The predicted octanol–water partition coefficient (Wildman–Crippen LogP) is 2.63. The van der Waals surface area contributed by atoms with Gasteiger partial charge in [-0.15, -0.1) is 11.8 Å². The molecule has 4 heteroatoms. The minimum atomic E-state index is -0.782. The summed E-state index contributed by atoms with van der Waals surface area (Å²) in [7, 11) is 0. The van der Waals surface area contributed by atoms with Crippen LogP contribution in [0.2, 0.25) is 0 Å². The third-order valence-electron chi connectivity index (χ3n) is 3.88. The Morgan fingerprint density at radius 1 is 1.50 bits per heavy atom. The molecule has 0 aromatic heterocycles. The number of fused-ring (bicyclic) bond motifs is 1. The zero-order chi connectivity index (χ0) is 13.4. The van der Waals surface area contributed by atoms with Gasteiger partial charge in [0.25, 0.3) is 0 Å². The first-order valence-corrected chi connectivity index (χ1v) is 7.08. The second-order valence-electron chi connectivity index (χ2n) is 5.47. The number of carboxylic acids is 1. The van der Waals surface area contributed by atoms with Crippen molar-refractivity contribution in [3.63, 3.8) is 0 Å². The standard InChI is InChI=1S/C14H19NO2S/c1-13(2,15)14(9-12(16)17)7-8-18-11-6-4-3-5-10(11)14/h3-6H,7-9,15H2,1-2H3,(H,16,17). The zero-order valence-electron chi connectivity index (χ0n) is 10.8. The molecule has 1 unspecified atom stereocenters. The number of hydrogen-bond acceptors (Lipinski definition) is 3.